The Morgan fingerprint density at radius 2 is 1.67 bits per heavy atom. The molecule has 1 aromatic carbocycles. The van der Waals surface area contributed by atoms with Gasteiger partial charge in [-0.05, 0) is 17.7 Å². The molecule has 0 aliphatic carbocycles. The first-order valence-corrected chi connectivity index (χ1v) is 4.86. The molecule has 0 spiro atoms. The summed E-state index contributed by atoms with van der Waals surface area (Å²) in [5, 5.41) is 0. The highest BCUT2D eigenvalue weighted by molar-refractivity contribution is 5.83. The molecular weight excluding hydrogens is 251 g/mol. The lowest BCUT2D eigenvalue weighted by atomic mass is 9.90. The zero-order valence-electron chi connectivity index (χ0n) is 9.75. The van der Waals surface area contributed by atoms with Crippen LogP contribution in [-0.4, -0.2) is 26.4 Å². The summed E-state index contributed by atoms with van der Waals surface area (Å²) < 4.78 is 47.8. The fourth-order valence-electron chi connectivity index (χ4n) is 1.41. The smallest absolute Gasteiger partial charge is 0.421 e. The second-order valence-corrected chi connectivity index (χ2v) is 3.53. The van der Waals surface area contributed by atoms with Crippen LogP contribution in [0.3, 0.4) is 0 Å². The van der Waals surface area contributed by atoms with Crippen molar-refractivity contribution >= 4 is 5.97 Å². The topological polar surface area (TPSA) is 61.5 Å². The van der Waals surface area contributed by atoms with E-state index in [0.29, 0.717) is 5.75 Å². The van der Waals surface area contributed by atoms with Gasteiger partial charge >= 0.3 is 12.1 Å². The molecule has 2 N–H and O–H groups in total. The Morgan fingerprint density at radius 1 is 1.17 bits per heavy atom. The van der Waals surface area contributed by atoms with E-state index in [0.717, 1.165) is 19.2 Å². The van der Waals surface area contributed by atoms with Gasteiger partial charge in [-0.1, -0.05) is 12.1 Å². The molecule has 1 unspecified atom stereocenters. The Bertz CT molecular complexity index is 430. The van der Waals surface area contributed by atoms with Crippen molar-refractivity contribution in [2.75, 3.05) is 14.2 Å². The molecule has 7 heteroatoms. The molecule has 100 valence electrons. The summed E-state index contributed by atoms with van der Waals surface area (Å²) in [5.74, 6) is -1.21. The van der Waals surface area contributed by atoms with Crippen molar-refractivity contribution in [3.8, 4) is 5.75 Å². The van der Waals surface area contributed by atoms with Gasteiger partial charge in [0.1, 0.15) is 5.75 Å². The minimum Gasteiger partial charge on any atom is -0.497 e. The predicted octanol–water partition coefficient (Wildman–Crippen LogP) is 1.58. The Kier molecular flexibility index (Phi) is 3.85. The molecule has 1 aromatic rings. The molecule has 0 aliphatic rings. The number of methoxy groups -OCH3 is 2. The maximum Gasteiger partial charge on any atom is 0.421 e. The number of benzene rings is 1. The molecule has 18 heavy (non-hydrogen) atoms. The van der Waals surface area contributed by atoms with Gasteiger partial charge in [-0.2, -0.15) is 13.2 Å². The monoisotopic (exact) mass is 263 g/mol. The predicted molar refractivity (Wildman–Crippen MR) is 56.9 cm³/mol. The quantitative estimate of drug-likeness (QED) is 0.841. The van der Waals surface area contributed by atoms with E-state index < -0.39 is 23.2 Å². The van der Waals surface area contributed by atoms with Crippen LogP contribution >= 0.6 is 0 Å². The number of hydrogen-bond acceptors (Lipinski definition) is 4. The first kappa shape index (κ1) is 14.3. The molecule has 0 bridgehead atoms. The zero-order chi connectivity index (χ0) is 14.0. The molecule has 0 aliphatic heterocycles. The molecule has 0 aromatic heterocycles. The fraction of sp³-hybridized carbons (Fsp3) is 0.364. The average molecular weight is 263 g/mol. The van der Waals surface area contributed by atoms with Gasteiger partial charge in [-0.25, -0.2) is 4.79 Å². The van der Waals surface area contributed by atoms with Crippen LogP contribution in [0.4, 0.5) is 13.2 Å². The van der Waals surface area contributed by atoms with E-state index in [4.69, 9.17) is 10.5 Å². The summed E-state index contributed by atoms with van der Waals surface area (Å²) in [6, 6.07) is 4.71. The van der Waals surface area contributed by atoms with Gasteiger partial charge in [0.2, 0.25) is 5.54 Å². The van der Waals surface area contributed by atoms with Crippen molar-refractivity contribution in [1.29, 1.82) is 0 Å². The van der Waals surface area contributed by atoms with Crippen molar-refractivity contribution in [3.05, 3.63) is 29.8 Å². The number of carbonyl (C=O) groups is 1. The highest BCUT2D eigenvalue weighted by atomic mass is 19.4. The molecule has 1 atom stereocenters. The van der Waals surface area contributed by atoms with E-state index in [1.165, 1.54) is 19.2 Å². The van der Waals surface area contributed by atoms with Crippen molar-refractivity contribution in [3.63, 3.8) is 0 Å². The number of alkyl halides is 3. The van der Waals surface area contributed by atoms with Crippen LogP contribution in [0.2, 0.25) is 0 Å². The number of nitrogens with two attached hydrogens (primary N) is 1. The molecule has 0 saturated carbocycles. The van der Waals surface area contributed by atoms with Crippen molar-refractivity contribution in [1.82, 2.24) is 0 Å². The molecule has 0 radical (unpaired) electrons. The van der Waals surface area contributed by atoms with Crippen LogP contribution in [0.25, 0.3) is 0 Å². The Hall–Kier alpha value is -1.76. The number of carbonyl (C=O) groups excluding carboxylic acids is 1. The van der Waals surface area contributed by atoms with Gasteiger partial charge in [0.15, 0.2) is 0 Å². The lowest BCUT2D eigenvalue weighted by Gasteiger charge is -2.29. The minimum absolute atomic E-state index is 0.355. The Labute approximate surface area is 101 Å². The lowest BCUT2D eigenvalue weighted by molar-refractivity contribution is -0.206. The van der Waals surface area contributed by atoms with Crippen molar-refractivity contribution < 1.29 is 27.4 Å². The molecule has 0 heterocycles. The molecule has 0 amide bonds. The van der Waals surface area contributed by atoms with Crippen LogP contribution in [0.1, 0.15) is 5.56 Å². The SMILES string of the molecule is COC(=O)C(N)(c1ccc(OC)cc1)C(F)(F)F. The van der Waals surface area contributed by atoms with Crippen molar-refractivity contribution in [2.24, 2.45) is 5.73 Å². The largest absolute Gasteiger partial charge is 0.497 e. The van der Waals surface area contributed by atoms with E-state index >= 15 is 0 Å². The van der Waals surface area contributed by atoms with Crippen molar-refractivity contribution in [2.45, 2.75) is 11.7 Å². The molecule has 1 rings (SSSR count). The second kappa shape index (κ2) is 4.85. The first-order valence-electron chi connectivity index (χ1n) is 4.86. The normalized spacial score (nSPS) is 14.8. The van der Waals surface area contributed by atoms with Gasteiger partial charge < -0.3 is 15.2 Å². The lowest BCUT2D eigenvalue weighted by Crippen LogP contribution is -2.57. The van der Waals surface area contributed by atoms with Crippen LogP contribution in [0.5, 0.6) is 5.75 Å². The van der Waals surface area contributed by atoms with Crippen LogP contribution < -0.4 is 10.5 Å². The summed E-state index contributed by atoms with van der Waals surface area (Å²) in [6.07, 6.45) is -4.96. The van der Waals surface area contributed by atoms with E-state index in [9.17, 15) is 18.0 Å². The number of ether oxygens (including phenoxy) is 2. The first-order chi connectivity index (χ1) is 8.27. The van der Waals surface area contributed by atoms with Gasteiger partial charge in [-0.3, -0.25) is 0 Å². The standard InChI is InChI=1S/C11H12F3NO3/c1-17-8-5-3-7(4-6-8)10(15,9(16)18-2)11(12,13)14/h3-6H,15H2,1-2H3. The van der Waals surface area contributed by atoms with Crippen LogP contribution in [0.15, 0.2) is 24.3 Å². The summed E-state index contributed by atoms with van der Waals surface area (Å²) in [7, 11) is 2.22. The maximum absolute atomic E-state index is 13.0. The van der Waals surface area contributed by atoms with E-state index in [1.54, 1.807) is 0 Å². The molecular formula is C11H12F3NO3. The molecule has 0 fully saturated rings. The Balaban J connectivity index is 3.30. The minimum atomic E-state index is -4.96. The third kappa shape index (κ3) is 2.26. The second-order valence-electron chi connectivity index (χ2n) is 3.53. The summed E-state index contributed by atoms with van der Waals surface area (Å²) in [4.78, 5) is 11.3. The average Bonchev–Trinajstić information content (AvgIpc) is 2.35. The van der Waals surface area contributed by atoms with E-state index in [2.05, 4.69) is 4.74 Å². The van der Waals surface area contributed by atoms with Crippen LogP contribution in [-0.2, 0) is 15.1 Å². The molecule has 0 saturated heterocycles. The highest BCUT2D eigenvalue weighted by Crippen LogP contribution is 2.38. The Morgan fingerprint density at radius 3 is 2.00 bits per heavy atom. The summed E-state index contributed by atoms with van der Waals surface area (Å²) >= 11 is 0. The fourth-order valence-corrected chi connectivity index (χ4v) is 1.41. The number of halogens is 3. The van der Waals surface area contributed by atoms with Gasteiger partial charge in [0, 0.05) is 0 Å². The van der Waals surface area contributed by atoms with E-state index in [1.807, 2.05) is 0 Å². The number of hydrogen-bond donors (Lipinski definition) is 1. The number of rotatable bonds is 3. The summed E-state index contributed by atoms with van der Waals surface area (Å²) in [5.41, 5.74) is 1.60. The van der Waals surface area contributed by atoms with Gasteiger partial charge in [0.05, 0.1) is 14.2 Å². The zero-order valence-corrected chi connectivity index (χ0v) is 9.75. The number of esters is 1. The highest BCUT2D eigenvalue weighted by Gasteiger charge is 2.60. The molecule has 4 nitrogen and oxygen atoms in total. The third-order valence-electron chi connectivity index (χ3n) is 2.50. The third-order valence-corrected chi connectivity index (χ3v) is 2.50. The maximum atomic E-state index is 13.0. The summed E-state index contributed by atoms with van der Waals surface area (Å²) in [6.45, 7) is 0. The van der Waals surface area contributed by atoms with Gasteiger partial charge in [-0.15, -0.1) is 0 Å². The van der Waals surface area contributed by atoms with Crippen LogP contribution in [0, 0.1) is 0 Å². The van der Waals surface area contributed by atoms with Gasteiger partial charge in [0.25, 0.3) is 0 Å². The van der Waals surface area contributed by atoms with E-state index in [-0.39, 0.29) is 0 Å².